The van der Waals surface area contributed by atoms with E-state index < -0.39 is 22.0 Å². The zero-order valence-corrected chi connectivity index (χ0v) is 12.2. The van der Waals surface area contributed by atoms with Crippen LogP contribution in [0.4, 0.5) is 5.69 Å². The van der Waals surface area contributed by atoms with Crippen LogP contribution in [-0.4, -0.2) is 40.1 Å². The van der Waals surface area contributed by atoms with E-state index in [-0.39, 0.29) is 23.1 Å². The van der Waals surface area contributed by atoms with Gasteiger partial charge in [0.05, 0.1) is 17.7 Å². The van der Waals surface area contributed by atoms with Crippen molar-refractivity contribution in [3.05, 3.63) is 18.2 Å². The summed E-state index contributed by atoms with van der Waals surface area (Å²) in [5.74, 6) is -0.685. The minimum absolute atomic E-state index is 0.0946. The normalized spacial score (nSPS) is 15.4. The number of carbonyl (C=O) groups excluding carboxylic acids is 2. The molecule has 9 heteroatoms. The SMILES string of the molecule is COC(=O)C(C)NS(=O)(=O)c1ccc2c(c1)NC(=O)CO2. The number of ether oxygens (including phenoxy) is 2. The van der Waals surface area contributed by atoms with Crippen molar-refractivity contribution in [3.63, 3.8) is 0 Å². The van der Waals surface area contributed by atoms with E-state index in [1.54, 1.807) is 0 Å². The van der Waals surface area contributed by atoms with Crippen LogP contribution in [0.1, 0.15) is 6.92 Å². The molecule has 114 valence electrons. The number of esters is 1. The highest BCUT2D eigenvalue weighted by Gasteiger charge is 2.25. The van der Waals surface area contributed by atoms with E-state index in [2.05, 4.69) is 14.8 Å². The molecule has 0 fully saturated rings. The second-order valence-electron chi connectivity index (χ2n) is 4.36. The molecule has 1 aromatic rings. The molecule has 1 aliphatic rings. The summed E-state index contributed by atoms with van der Waals surface area (Å²) in [6.07, 6.45) is 0. The summed E-state index contributed by atoms with van der Waals surface area (Å²) in [6, 6.07) is 3.00. The van der Waals surface area contributed by atoms with Crippen molar-refractivity contribution in [1.82, 2.24) is 4.72 Å². The minimum Gasteiger partial charge on any atom is -0.482 e. The Labute approximate surface area is 121 Å². The van der Waals surface area contributed by atoms with Crippen molar-refractivity contribution in [3.8, 4) is 5.75 Å². The molecule has 1 amide bonds. The van der Waals surface area contributed by atoms with Gasteiger partial charge in [0.15, 0.2) is 6.61 Å². The number of hydrogen-bond acceptors (Lipinski definition) is 6. The Morgan fingerprint density at radius 2 is 2.19 bits per heavy atom. The summed E-state index contributed by atoms with van der Waals surface area (Å²) in [7, 11) is -2.76. The van der Waals surface area contributed by atoms with Crippen molar-refractivity contribution in [2.75, 3.05) is 19.0 Å². The topological polar surface area (TPSA) is 111 Å². The summed E-state index contributed by atoms with van der Waals surface area (Å²) < 4.78 is 36.1. The molecule has 0 bridgehead atoms. The van der Waals surface area contributed by atoms with Gasteiger partial charge < -0.3 is 14.8 Å². The van der Waals surface area contributed by atoms with E-state index in [1.165, 1.54) is 32.2 Å². The highest BCUT2D eigenvalue weighted by atomic mass is 32.2. The number of amides is 1. The van der Waals surface area contributed by atoms with Crippen LogP contribution in [0.2, 0.25) is 0 Å². The van der Waals surface area contributed by atoms with Crippen LogP contribution in [0.25, 0.3) is 0 Å². The Balaban J connectivity index is 2.27. The first-order valence-electron chi connectivity index (χ1n) is 6.00. The Kier molecular flexibility index (Phi) is 4.14. The van der Waals surface area contributed by atoms with E-state index in [0.717, 1.165) is 0 Å². The molecule has 1 heterocycles. The Hall–Kier alpha value is -2.13. The molecule has 0 aliphatic carbocycles. The van der Waals surface area contributed by atoms with Gasteiger partial charge >= 0.3 is 5.97 Å². The van der Waals surface area contributed by atoms with Crippen molar-refractivity contribution < 1.29 is 27.5 Å². The van der Waals surface area contributed by atoms with Gasteiger partial charge in [0.25, 0.3) is 5.91 Å². The van der Waals surface area contributed by atoms with Crippen molar-refractivity contribution in [1.29, 1.82) is 0 Å². The third-order valence-electron chi connectivity index (χ3n) is 2.78. The maximum Gasteiger partial charge on any atom is 0.323 e. The van der Waals surface area contributed by atoms with Crippen molar-refractivity contribution >= 4 is 27.6 Å². The lowest BCUT2D eigenvalue weighted by Crippen LogP contribution is -2.39. The Morgan fingerprint density at radius 3 is 2.86 bits per heavy atom. The predicted molar refractivity (Wildman–Crippen MR) is 72.4 cm³/mol. The molecule has 0 spiro atoms. The first-order chi connectivity index (χ1) is 9.83. The minimum atomic E-state index is -3.92. The fourth-order valence-corrected chi connectivity index (χ4v) is 2.97. The molecule has 0 saturated heterocycles. The lowest BCUT2D eigenvalue weighted by Gasteiger charge is -2.19. The van der Waals surface area contributed by atoms with Crippen LogP contribution in [0.5, 0.6) is 5.75 Å². The van der Waals surface area contributed by atoms with E-state index in [0.29, 0.717) is 5.75 Å². The van der Waals surface area contributed by atoms with Crippen LogP contribution in [0.15, 0.2) is 23.1 Å². The maximum atomic E-state index is 12.2. The van der Waals surface area contributed by atoms with Crippen LogP contribution < -0.4 is 14.8 Å². The summed E-state index contributed by atoms with van der Waals surface area (Å²) in [6.45, 7) is 1.25. The van der Waals surface area contributed by atoms with Gasteiger partial charge in [-0.2, -0.15) is 4.72 Å². The van der Waals surface area contributed by atoms with Crippen LogP contribution >= 0.6 is 0 Å². The summed E-state index contributed by atoms with van der Waals surface area (Å²) in [5, 5.41) is 2.51. The second-order valence-corrected chi connectivity index (χ2v) is 6.07. The maximum absolute atomic E-state index is 12.2. The molecule has 1 unspecified atom stereocenters. The number of benzene rings is 1. The summed E-state index contributed by atoms with van der Waals surface area (Å²) in [5.41, 5.74) is 0.264. The molecule has 1 aliphatic heterocycles. The molecule has 0 aromatic heterocycles. The lowest BCUT2D eigenvalue weighted by atomic mass is 10.2. The molecule has 1 atom stereocenters. The number of anilines is 1. The molecule has 0 saturated carbocycles. The van der Waals surface area contributed by atoms with Crippen LogP contribution in [0.3, 0.4) is 0 Å². The monoisotopic (exact) mass is 314 g/mol. The van der Waals surface area contributed by atoms with Gasteiger partial charge in [0.2, 0.25) is 10.0 Å². The summed E-state index contributed by atoms with van der Waals surface area (Å²) in [4.78, 5) is 22.4. The standard InChI is InChI=1S/C12H14N2O6S/c1-7(12(16)19-2)14-21(17,18)8-3-4-10-9(5-8)13-11(15)6-20-10/h3-5,7,14H,6H2,1-2H3,(H,13,15). The quantitative estimate of drug-likeness (QED) is 0.748. The average molecular weight is 314 g/mol. The first-order valence-corrected chi connectivity index (χ1v) is 7.48. The van der Waals surface area contributed by atoms with E-state index >= 15 is 0 Å². The summed E-state index contributed by atoms with van der Waals surface area (Å²) >= 11 is 0. The average Bonchev–Trinajstić information content (AvgIpc) is 2.44. The number of methoxy groups -OCH3 is 1. The number of fused-ring (bicyclic) bond motifs is 1. The number of carbonyl (C=O) groups is 2. The fourth-order valence-electron chi connectivity index (χ4n) is 1.76. The first kappa shape index (κ1) is 15.3. The van der Waals surface area contributed by atoms with Gasteiger partial charge in [-0.3, -0.25) is 9.59 Å². The van der Waals surface area contributed by atoms with Gasteiger partial charge in [0, 0.05) is 0 Å². The number of rotatable bonds is 4. The van der Waals surface area contributed by atoms with Crippen molar-refractivity contribution in [2.45, 2.75) is 17.9 Å². The van der Waals surface area contributed by atoms with Gasteiger partial charge in [-0.25, -0.2) is 8.42 Å². The van der Waals surface area contributed by atoms with Gasteiger partial charge in [-0.15, -0.1) is 0 Å². The molecular weight excluding hydrogens is 300 g/mol. The van der Waals surface area contributed by atoms with Gasteiger partial charge in [-0.05, 0) is 25.1 Å². The van der Waals surface area contributed by atoms with Crippen LogP contribution in [-0.2, 0) is 24.3 Å². The second kappa shape index (κ2) is 5.70. The molecule has 1 aromatic carbocycles. The highest BCUT2D eigenvalue weighted by Crippen LogP contribution is 2.30. The van der Waals surface area contributed by atoms with E-state index in [9.17, 15) is 18.0 Å². The zero-order chi connectivity index (χ0) is 15.6. The molecule has 2 rings (SSSR count). The molecule has 8 nitrogen and oxygen atoms in total. The lowest BCUT2D eigenvalue weighted by molar-refractivity contribution is -0.142. The third kappa shape index (κ3) is 3.31. The highest BCUT2D eigenvalue weighted by molar-refractivity contribution is 7.89. The molecular formula is C12H14N2O6S. The Morgan fingerprint density at radius 1 is 1.48 bits per heavy atom. The van der Waals surface area contributed by atoms with Crippen LogP contribution in [0, 0.1) is 0 Å². The zero-order valence-electron chi connectivity index (χ0n) is 11.4. The molecule has 21 heavy (non-hydrogen) atoms. The molecule has 0 radical (unpaired) electrons. The number of nitrogens with one attached hydrogen (secondary N) is 2. The van der Waals surface area contributed by atoms with Crippen molar-refractivity contribution in [2.24, 2.45) is 0 Å². The number of hydrogen-bond donors (Lipinski definition) is 2. The van der Waals surface area contributed by atoms with Gasteiger partial charge in [0.1, 0.15) is 11.8 Å². The van der Waals surface area contributed by atoms with E-state index in [1.807, 2.05) is 0 Å². The Bertz CT molecular complexity index is 685. The third-order valence-corrected chi connectivity index (χ3v) is 4.32. The van der Waals surface area contributed by atoms with E-state index in [4.69, 9.17) is 4.74 Å². The van der Waals surface area contributed by atoms with Gasteiger partial charge in [-0.1, -0.05) is 0 Å². The predicted octanol–water partition coefficient (Wildman–Crippen LogP) is -0.143. The smallest absolute Gasteiger partial charge is 0.323 e. The fraction of sp³-hybridized carbons (Fsp3) is 0.333. The largest absolute Gasteiger partial charge is 0.482 e. The number of sulfonamides is 1. The molecule has 2 N–H and O–H groups in total.